The average molecular weight is 521 g/mol. The zero-order valence-electron chi connectivity index (χ0n) is 21.8. The number of carbonyl (C=O) groups is 1. The molecule has 0 saturated heterocycles. The molecule has 0 aromatic heterocycles. The number of anilines is 1. The topological polar surface area (TPSA) is 121 Å². The maximum Gasteiger partial charge on any atom is 0.407 e. The Labute approximate surface area is 218 Å². The molecule has 10 heteroatoms. The van der Waals surface area contributed by atoms with Crippen molar-refractivity contribution in [3.63, 3.8) is 0 Å². The smallest absolute Gasteiger partial charge is 0.407 e. The molecule has 1 amide bonds. The zero-order valence-corrected chi connectivity index (χ0v) is 21.8. The minimum Gasteiger partial charge on any atom is -0.488 e. The van der Waals surface area contributed by atoms with Gasteiger partial charge >= 0.3 is 6.09 Å². The van der Waals surface area contributed by atoms with E-state index in [1.807, 2.05) is 0 Å². The van der Waals surface area contributed by atoms with Crippen molar-refractivity contribution in [1.29, 1.82) is 0 Å². The van der Waals surface area contributed by atoms with E-state index in [0.29, 0.717) is 96.5 Å². The summed E-state index contributed by atoms with van der Waals surface area (Å²) in [6.07, 6.45) is 5.23. The molecule has 1 aromatic rings. The van der Waals surface area contributed by atoms with Gasteiger partial charge in [0.15, 0.2) is 5.75 Å². The second-order valence-electron chi connectivity index (χ2n) is 9.21. The average Bonchev–Trinajstić information content (AvgIpc) is 3.54. The minimum atomic E-state index is -0.568. The second kappa shape index (κ2) is 16.3. The Morgan fingerprint density at radius 3 is 2.08 bits per heavy atom. The molecule has 0 bridgehead atoms. The van der Waals surface area contributed by atoms with E-state index in [9.17, 15) is 14.4 Å². The van der Waals surface area contributed by atoms with Crippen LogP contribution in [0.5, 0.6) is 5.75 Å². The largest absolute Gasteiger partial charge is 0.488 e. The molecule has 2 N–H and O–H groups in total. The second-order valence-corrected chi connectivity index (χ2v) is 9.21. The first-order chi connectivity index (χ1) is 18.1. The van der Waals surface area contributed by atoms with Crippen LogP contribution in [0, 0.1) is 29.6 Å². The standard InChI is InChI=1S/C27H40N2O8/c1-2-36-26-23(24(30)25(26)31)28-11-7-13-33-15-17-35-18-16-34-14-8-12-29-27(32)37-19-22-20-9-5-3-4-6-10-21(20)22/h20-22,28H,2,5-19H2,1H3,(H,29,32). The van der Waals surface area contributed by atoms with Crippen LogP contribution in [0.1, 0.15) is 45.4 Å². The Balaban J connectivity index is 1.04. The molecule has 3 rings (SSSR count). The minimum absolute atomic E-state index is 0.130. The van der Waals surface area contributed by atoms with Crippen LogP contribution in [0.15, 0.2) is 9.59 Å². The van der Waals surface area contributed by atoms with E-state index in [4.69, 9.17) is 23.7 Å². The van der Waals surface area contributed by atoms with E-state index in [1.165, 1.54) is 0 Å². The normalized spacial score (nSPS) is 20.2. The Hall–Kier alpha value is -2.61. The Kier molecular flexibility index (Phi) is 12.7. The molecule has 37 heavy (non-hydrogen) atoms. The summed E-state index contributed by atoms with van der Waals surface area (Å²) in [6, 6.07) is 0. The number of nitrogens with one attached hydrogen (secondary N) is 2. The highest BCUT2D eigenvalue weighted by Gasteiger charge is 2.49. The maximum atomic E-state index is 11.9. The van der Waals surface area contributed by atoms with Crippen LogP contribution in [0.2, 0.25) is 0 Å². The van der Waals surface area contributed by atoms with Crippen LogP contribution in [-0.4, -0.2) is 72.0 Å². The van der Waals surface area contributed by atoms with Crippen LogP contribution in [0.3, 0.4) is 0 Å². The number of hydrogen-bond donors (Lipinski definition) is 2. The number of rotatable bonds is 19. The van der Waals surface area contributed by atoms with Gasteiger partial charge in [-0.2, -0.15) is 0 Å². The van der Waals surface area contributed by atoms with Crippen molar-refractivity contribution in [3.8, 4) is 17.6 Å². The van der Waals surface area contributed by atoms with Gasteiger partial charge in [-0.25, -0.2) is 4.79 Å². The van der Waals surface area contributed by atoms with Crippen molar-refractivity contribution in [1.82, 2.24) is 5.32 Å². The van der Waals surface area contributed by atoms with Crippen molar-refractivity contribution in [2.75, 3.05) is 71.3 Å². The van der Waals surface area contributed by atoms with Gasteiger partial charge in [0, 0.05) is 39.1 Å². The summed E-state index contributed by atoms with van der Waals surface area (Å²) >= 11 is 0. The van der Waals surface area contributed by atoms with Crippen molar-refractivity contribution in [3.05, 3.63) is 20.4 Å². The fourth-order valence-corrected chi connectivity index (χ4v) is 4.61. The number of carbonyl (C=O) groups excluding carboxylic acids is 1. The number of hydrogen-bond acceptors (Lipinski definition) is 9. The van der Waals surface area contributed by atoms with Gasteiger partial charge in [-0.15, -0.1) is 11.8 Å². The lowest BCUT2D eigenvalue weighted by Gasteiger charge is -2.13. The van der Waals surface area contributed by atoms with E-state index < -0.39 is 10.9 Å². The highest BCUT2D eigenvalue weighted by atomic mass is 16.6. The first kappa shape index (κ1) is 29.0. The third kappa shape index (κ3) is 9.65. The van der Waals surface area contributed by atoms with Crippen molar-refractivity contribution < 1.29 is 28.5 Å². The summed E-state index contributed by atoms with van der Waals surface area (Å²) in [5.41, 5.74) is -0.832. The van der Waals surface area contributed by atoms with Crippen LogP contribution in [-0.2, 0) is 18.9 Å². The van der Waals surface area contributed by atoms with Crippen LogP contribution in [0.25, 0.3) is 0 Å². The Morgan fingerprint density at radius 2 is 1.46 bits per heavy atom. The summed E-state index contributed by atoms with van der Waals surface area (Å²) < 4.78 is 27.0. The van der Waals surface area contributed by atoms with Gasteiger partial charge in [-0.3, -0.25) is 9.59 Å². The van der Waals surface area contributed by atoms with Crippen molar-refractivity contribution in [2.45, 2.75) is 45.4 Å². The molecule has 0 spiro atoms. The van der Waals surface area contributed by atoms with Crippen molar-refractivity contribution >= 4 is 11.8 Å². The van der Waals surface area contributed by atoms with Crippen LogP contribution >= 0.6 is 0 Å². The SMILES string of the molecule is CCOc1c(NCCCOCCOCCOCCCNC(=O)OCC2C3CCC#CCCC32)c(=O)c1=O. The van der Waals surface area contributed by atoms with E-state index >= 15 is 0 Å². The van der Waals surface area contributed by atoms with Gasteiger partial charge in [0.05, 0.1) is 39.6 Å². The van der Waals surface area contributed by atoms with E-state index in [-0.39, 0.29) is 17.5 Å². The summed E-state index contributed by atoms with van der Waals surface area (Å²) in [6.45, 7) is 6.58. The number of fused-ring (bicyclic) bond motifs is 1. The molecule has 1 saturated carbocycles. The van der Waals surface area contributed by atoms with Crippen molar-refractivity contribution in [2.24, 2.45) is 17.8 Å². The summed E-state index contributed by atoms with van der Waals surface area (Å²) in [5, 5.41) is 5.71. The lowest BCUT2D eigenvalue weighted by atomic mass is 10.1. The third-order valence-electron chi connectivity index (χ3n) is 6.65. The summed E-state index contributed by atoms with van der Waals surface area (Å²) in [5.74, 6) is 8.38. The maximum absolute atomic E-state index is 11.9. The predicted molar refractivity (Wildman–Crippen MR) is 139 cm³/mol. The summed E-state index contributed by atoms with van der Waals surface area (Å²) in [7, 11) is 0. The molecule has 2 aliphatic carbocycles. The van der Waals surface area contributed by atoms with E-state index in [2.05, 4.69) is 22.5 Å². The van der Waals surface area contributed by atoms with Gasteiger partial charge < -0.3 is 34.3 Å². The van der Waals surface area contributed by atoms with Crippen LogP contribution < -0.4 is 26.2 Å². The van der Waals surface area contributed by atoms with Crippen LogP contribution in [0.4, 0.5) is 10.5 Å². The first-order valence-corrected chi connectivity index (χ1v) is 13.4. The predicted octanol–water partition coefficient (Wildman–Crippen LogP) is 2.09. The quantitative estimate of drug-likeness (QED) is 0.160. The molecule has 2 unspecified atom stereocenters. The fourth-order valence-electron chi connectivity index (χ4n) is 4.61. The lowest BCUT2D eigenvalue weighted by molar-refractivity contribution is 0.0141. The number of alkyl carbamates (subject to hydrolysis) is 1. The van der Waals surface area contributed by atoms with E-state index in [1.54, 1.807) is 6.92 Å². The molecule has 206 valence electrons. The highest BCUT2D eigenvalue weighted by molar-refractivity contribution is 5.67. The Bertz CT molecular complexity index is 944. The van der Waals surface area contributed by atoms with Gasteiger partial charge in [0.25, 0.3) is 10.9 Å². The fraction of sp³-hybridized carbons (Fsp3) is 0.741. The Morgan fingerprint density at radius 1 is 0.865 bits per heavy atom. The highest BCUT2D eigenvalue weighted by Crippen LogP contribution is 2.52. The van der Waals surface area contributed by atoms with Gasteiger partial charge in [0.2, 0.25) is 0 Å². The number of amides is 1. The molecule has 0 radical (unpaired) electrons. The molecule has 1 aromatic carbocycles. The van der Waals surface area contributed by atoms with Gasteiger partial charge in [0.1, 0.15) is 5.69 Å². The molecule has 0 heterocycles. The molecule has 1 fully saturated rings. The molecular weight excluding hydrogens is 480 g/mol. The molecule has 10 nitrogen and oxygen atoms in total. The lowest BCUT2D eigenvalue weighted by Crippen LogP contribution is -2.36. The first-order valence-electron chi connectivity index (χ1n) is 13.4. The van der Waals surface area contributed by atoms with Gasteiger partial charge in [-0.05, 0) is 50.4 Å². The number of ether oxygens (including phenoxy) is 5. The molecule has 2 aliphatic rings. The molecule has 2 atom stereocenters. The summed E-state index contributed by atoms with van der Waals surface area (Å²) in [4.78, 5) is 34.8. The monoisotopic (exact) mass is 520 g/mol. The molecular formula is C27H40N2O8. The van der Waals surface area contributed by atoms with E-state index in [0.717, 1.165) is 25.7 Å². The molecule has 0 aliphatic heterocycles. The zero-order chi connectivity index (χ0) is 26.3. The van der Waals surface area contributed by atoms with Gasteiger partial charge in [-0.1, -0.05) is 0 Å². The third-order valence-corrected chi connectivity index (χ3v) is 6.65.